The summed E-state index contributed by atoms with van der Waals surface area (Å²) in [7, 11) is 1.78. The Balaban J connectivity index is 1.99. The predicted octanol–water partition coefficient (Wildman–Crippen LogP) is 2.65. The number of hydrogen-bond acceptors (Lipinski definition) is 2. The number of anilines is 1. The van der Waals surface area contributed by atoms with Crippen molar-refractivity contribution in [2.24, 2.45) is 0 Å². The van der Waals surface area contributed by atoms with Gasteiger partial charge in [-0.1, -0.05) is 26.0 Å². The molecule has 2 rings (SSSR count). The van der Waals surface area contributed by atoms with E-state index in [1.807, 2.05) is 0 Å². The fourth-order valence-electron chi connectivity index (χ4n) is 1.87. The van der Waals surface area contributed by atoms with E-state index in [0.717, 1.165) is 13.1 Å². The molecule has 2 heteroatoms. The van der Waals surface area contributed by atoms with E-state index >= 15 is 0 Å². The molecule has 0 unspecified atom stereocenters. The lowest BCUT2D eigenvalue weighted by Gasteiger charge is -2.40. The minimum Gasteiger partial charge on any atom is -0.378 e. The second-order valence-electron chi connectivity index (χ2n) is 4.51. The van der Waals surface area contributed by atoms with Gasteiger partial charge in [-0.05, 0) is 23.6 Å². The van der Waals surface area contributed by atoms with E-state index in [1.54, 1.807) is 7.11 Å². The van der Waals surface area contributed by atoms with Crippen LogP contribution in [0.2, 0.25) is 0 Å². The first-order valence-electron chi connectivity index (χ1n) is 5.58. The molecule has 0 bridgehead atoms. The van der Waals surface area contributed by atoms with Gasteiger partial charge in [-0.25, -0.2) is 0 Å². The highest BCUT2D eigenvalue weighted by Crippen LogP contribution is 2.24. The molecule has 0 N–H and O–H groups in total. The highest BCUT2D eigenvalue weighted by Gasteiger charge is 2.26. The van der Waals surface area contributed by atoms with Crippen molar-refractivity contribution in [2.45, 2.75) is 25.9 Å². The number of benzene rings is 1. The second kappa shape index (κ2) is 4.23. The van der Waals surface area contributed by atoms with Crippen LogP contribution in [0.1, 0.15) is 25.3 Å². The first-order chi connectivity index (χ1) is 7.20. The molecular formula is C13H19NO. The molecule has 2 nitrogen and oxygen atoms in total. The minimum atomic E-state index is 0.426. The first-order valence-corrected chi connectivity index (χ1v) is 5.58. The maximum Gasteiger partial charge on any atom is 0.0920 e. The topological polar surface area (TPSA) is 12.5 Å². The predicted molar refractivity (Wildman–Crippen MR) is 63.5 cm³/mol. The average Bonchev–Trinajstić information content (AvgIpc) is 2.17. The normalized spacial score (nSPS) is 16.9. The maximum absolute atomic E-state index is 5.26. The van der Waals surface area contributed by atoms with Gasteiger partial charge in [0.2, 0.25) is 0 Å². The van der Waals surface area contributed by atoms with Crippen molar-refractivity contribution in [3.63, 3.8) is 0 Å². The van der Waals surface area contributed by atoms with E-state index in [-0.39, 0.29) is 0 Å². The van der Waals surface area contributed by atoms with Crippen molar-refractivity contribution in [3.05, 3.63) is 29.8 Å². The van der Waals surface area contributed by atoms with Gasteiger partial charge >= 0.3 is 0 Å². The van der Waals surface area contributed by atoms with Crippen molar-refractivity contribution in [2.75, 3.05) is 25.1 Å². The quantitative estimate of drug-likeness (QED) is 0.752. The standard InChI is InChI=1S/C13H19NO/c1-10(2)11-4-6-12(7-5-11)14-8-13(9-14)15-3/h4-7,10,13H,8-9H2,1-3H3. The highest BCUT2D eigenvalue weighted by molar-refractivity contribution is 5.50. The summed E-state index contributed by atoms with van der Waals surface area (Å²) in [6.45, 7) is 6.49. The monoisotopic (exact) mass is 205 g/mol. The molecule has 1 saturated heterocycles. The van der Waals surface area contributed by atoms with E-state index in [4.69, 9.17) is 4.74 Å². The Morgan fingerprint density at radius 1 is 1.20 bits per heavy atom. The summed E-state index contributed by atoms with van der Waals surface area (Å²) >= 11 is 0. The van der Waals surface area contributed by atoms with Crippen LogP contribution in [0, 0.1) is 0 Å². The van der Waals surface area contributed by atoms with Gasteiger partial charge in [0, 0.05) is 25.9 Å². The number of rotatable bonds is 3. The molecule has 0 spiro atoms. The van der Waals surface area contributed by atoms with Crippen LogP contribution < -0.4 is 4.90 Å². The fraction of sp³-hybridized carbons (Fsp3) is 0.538. The molecule has 1 aromatic rings. The van der Waals surface area contributed by atoms with Gasteiger partial charge in [0.05, 0.1) is 6.10 Å². The van der Waals surface area contributed by atoms with Crippen molar-refractivity contribution < 1.29 is 4.74 Å². The number of nitrogens with zero attached hydrogens (tertiary/aromatic N) is 1. The molecule has 0 aliphatic carbocycles. The van der Waals surface area contributed by atoms with E-state index in [1.165, 1.54) is 11.3 Å². The van der Waals surface area contributed by atoms with Crippen molar-refractivity contribution in [3.8, 4) is 0 Å². The largest absolute Gasteiger partial charge is 0.378 e. The molecule has 0 aromatic heterocycles. The van der Waals surface area contributed by atoms with Crippen molar-refractivity contribution >= 4 is 5.69 Å². The van der Waals surface area contributed by atoms with E-state index in [0.29, 0.717) is 12.0 Å². The van der Waals surface area contributed by atoms with E-state index < -0.39 is 0 Å². The fourth-order valence-corrected chi connectivity index (χ4v) is 1.87. The Bertz CT molecular complexity index is 312. The lowest BCUT2D eigenvalue weighted by Crippen LogP contribution is -2.51. The molecule has 82 valence electrons. The summed E-state index contributed by atoms with van der Waals surface area (Å²) in [5.74, 6) is 0.613. The maximum atomic E-state index is 5.26. The van der Waals surface area contributed by atoms with Crippen LogP contribution in [0.4, 0.5) is 5.69 Å². The molecule has 1 heterocycles. The van der Waals surface area contributed by atoms with Gasteiger partial charge in [-0.3, -0.25) is 0 Å². The van der Waals surface area contributed by atoms with Crippen LogP contribution in [-0.4, -0.2) is 26.3 Å². The summed E-state index contributed by atoms with van der Waals surface area (Å²) in [5, 5.41) is 0. The van der Waals surface area contributed by atoms with Crippen LogP contribution >= 0.6 is 0 Å². The number of ether oxygens (including phenoxy) is 1. The molecule has 0 saturated carbocycles. The summed E-state index contributed by atoms with van der Waals surface area (Å²) < 4.78 is 5.26. The zero-order valence-corrected chi connectivity index (χ0v) is 9.73. The third-order valence-corrected chi connectivity index (χ3v) is 3.11. The smallest absolute Gasteiger partial charge is 0.0920 e. The highest BCUT2D eigenvalue weighted by atomic mass is 16.5. The molecule has 1 aromatic carbocycles. The third kappa shape index (κ3) is 2.15. The zero-order chi connectivity index (χ0) is 10.8. The summed E-state index contributed by atoms with van der Waals surface area (Å²) in [6.07, 6.45) is 0.426. The molecule has 1 fully saturated rings. The third-order valence-electron chi connectivity index (χ3n) is 3.11. The molecule has 1 aliphatic rings. The van der Waals surface area contributed by atoms with Gasteiger partial charge in [0.25, 0.3) is 0 Å². The Labute approximate surface area is 91.9 Å². The Morgan fingerprint density at radius 2 is 1.80 bits per heavy atom. The van der Waals surface area contributed by atoms with E-state index in [2.05, 4.69) is 43.0 Å². The molecule has 0 radical (unpaired) electrons. The number of hydrogen-bond donors (Lipinski definition) is 0. The molecule has 1 aliphatic heterocycles. The molecular weight excluding hydrogens is 186 g/mol. The SMILES string of the molecule is COC1CN(c2ccc(C(C)C)cc2)C1. The first kappa shape index (κ1) is 10.5. The van der Waals surface area contributed by atoms with Crippen LogP contribution in [0.5, 0.6) is 0 Å². The summed E-state index contributed by atoms with van der Waals surface area (Å²) in [6, 6.07) is 8.86. The van der Waals surface area contributed by atoms with Crippen LogP contribution in [0.15, 0.2) is 24.3 Å². The average molecular weight is 205 g/mol. The van der Waals surface area contributed by atoms with Crippen LogP contribution in [-0.2, 0) is 4.74 Å². The molecule has 0 atom stereocenters. The number of methoxy groups -OCH3 is 1. The second-order valence-corrected chi connectivity index (χ2v) is 4.51. The van der Waals surface area contributed by atoms with Gasteiger partial charge in [-0.15, -0.1) is 0 Å². The van der Waals surface area contributed by atoms with Crippen molar-refractivity contribution in [1.82, 2.24) is 0 Å². The van der Waals surface area contributed by atoms with Crippen LogP contribution in [0.3, 0.4) is 0 Å². The minimum absolute atomic E-state index is 0.426. The Hall–Kier alpha value is -1.02. The molecule has 15 heavy (non-hydrogen) atoms. The zero-order valence-electron chi connectivity index (χ0n) is 9.73. The Kier molecular flexibility index (Phi) is 2.96. The Morgan fingerprint density at radius 3 is 2.27 bits per heavy atom. The summed E-state index contributed by atoms with van der Waals surface area (Å²) in [5.41, 5.74) is 2.72. The lowest BCUT2D eigenvalue weighted by atomic mass is 10.0. The van der Waals surface area contributed by atoms with Gasteiger partial charge < -0.3 is 9.64 Å². The van der Waals surface area contributed by atoms with Gasteiger partial charge in [0.1, 0.15) is 0 Å². The molecule has 0 amide bonds. The van der Waals surface area contributed by atoms with Crippen LogP contribution in [0.25, 0.3) is 0 Å². The van der Waals surface area contributed by atoms with Gasteiger partial charge in [-0.2, -0.15) is 0 Å². The van der Waals surface area contributed by atoms with Gasteiger partial charge in [0.15, 0.2) is 0 Å². The van der Waals surface area contributed by atoms with E-state index in [9.17, 15) is 0 Å². The van der Waals surface area contributed by atoms with Crippen molar-refractivity contribution in [1.29, 1.82) is 0 Å². The lowest BCUT2D eigenvalue weighted by molar-refractivity contribution is 0.0788. The summed E-state index contributed by atoms with van der Waals surface area (Å²) in [4.78, 5) is 2.35.